The number of anilines is 1. The van der Waals surface area contributed by atoms with Crippen LogP contribution in [0.3, 0.4) is 0 Å². The summed E-state index contributed by atoms with van der Waals surface area (Å²) < 4.78 is 25.3. The Kier molecular flexibility index (Phi) is 6.79. The lowest BCUT2D eigenvalue weighted by atomic mass is 9.99. The van der Waals surface area contributed by atoms with Gasteiger partial charge in [-0.1, -0.05) is 48.0 Å². The average Bonchev–Trinajstić information content (AvgIpc) is 2.98. The Bertz CT molecular complexity index is 2210. The van der Waals surface area contributed by atoms with Gasteiger partial charge in [-0.15, -0.1) is 0 Å². The van der Waals surface area contributed by atoms with E-state index in [9.17, 15) is 18.0 Å². The molecule has 0 aliphatic carbocycles. The average molecular weight is 600 g/mol. The number of hydrogen-bond acceptors (Lipinski definition) is 9. The summed E-state index contributed by atoms with van der Waals surface area (Å²) in [5.74, 6) is 0.287. The number of fused-ring (bicyclic) bond motifs is 2. The van der Waals surface area contributed by atoms with Crippen molar-refractivity contribution < 1.29 is 8.42 Å². The first-order valence-electron chi connectivity index (χ1n) is 12.7. The molecule has 0 bridgehead atoms. The molecule has 0 spiro atoms. The predicted molar refractivity (Wildman–Crippen MR) is 161 cm³/mol. The lowest BCUT2D eigenvalue weighted by Crippen LogP contribution is -2.27. The molecular weight excluding hydrogens is 578 g/mol. The standard InChI is InChI=1S/C29H22ClN7O4S/c1-16(36-27-23-21(38)11-12-31-26(23)34-15-35-27)25-24(30)20-10-6-9-19(17-13-32-29(33-14-17)42(2,40)41)22(20)28(39)37(25)18-7-4-3-5-8-18/h3-16H,1-2H3,(H2,31,34,35,36,38)/t16-/m0/s1. The summed E-state index contributed by atoms with van der Waals surface area (Å²) >= 11 is 7.11. The van der Waals surface area contributed by atoms with E-state index in [2.05, 4.69) is 30.2 Å². The van der Waals surface area contributed by atoms with Crippen LogP contribution in [0.2, 0.25) is 5.02 Å². The number of halogens is 1. The van der Waals surface area contributed by atoms with Gasteiger partial charge in [-0.3, -0.25) is 14.2 Å². The van der Waals surface area contributed by atoms with Crippen LogP contribution in [0.25, 0.3) is 38.6 Å². The molecule has 1 atom stereocenters. The van der Waals surface area contributed by atoms with Gasteiger partial charge in [0.15, 0.2) is 5.43 Å². The zero-order chi connectivity index (χ0) is 29.6. The topological polar surface area (TPSA) is 153 Å². The Hall–Kier alpha value is -4.94. The fourth-order valence-electron chi connectivity index (χ4n) is 4.92. The van der Waals surface area contributed by atoms with Gasteiger partial charge in [-0.05, 0) is 24.6 Å². The van der Waals surface area contributed by atoms with Crippen LogP contribution in [0.4, 0.5) is 5.82 Å². The molecule has 13 heteroatoms. The van der Waals surface area contributed by atoms with E-state index in [0.717, 1.165) is 6.26 Å². The maximum Gasteiger partial charge on any atom is 0.263 e. The van der Waals surface area contributed by atoms with E-state index >= 15 is 0 Å². The van der Waals surface area contributed by atoms with Gasteiger partial charge < -0.3 is 10.3 Å². The second-order valence-electron chi connectivity index (χ2n) is 9.58. The summed E-state index contributed by atoms with van der Waals surface area (Å²) in [5, 5.41) is 4.31. The first kappa shape index (κ1) is 27.2. The fraction of sp³-hybridized carbons (Fsp3) is 0.103. The molecule has 42 heavy (non-hydrogen) atoms. The first-order valence-corrected chi connectivity index (χ1v) is 15.0. The number of nitrogens with one attached hydrogen (secondary N) is 2. The molecule has 4 heterocycles. The van der Waals surface area contributed by atoms with Crippen LogP contribution in [-0.4, -0.2) is 44.2 Å². The van der Waals surface area contributed by atoms with Crippen LogP contribution in [0.1, 0.15) is 18.7 Å². The minimum Gasteiger partial charge on any atom is -0.361 e. The van der Waals surface area contributed by atoms with E-state index < -0.39 is 15.9 Å². The molecular formula is C29H22ClN7O4S. The van der Waals surface area contributed by atoms with Gasteiger partial charge in [0.1, 0.15) is 23.2 Å². The van der Waals surface area contributed by atoms with Gasteiger partial charge in [0.2, 0.25) is 15.0 Å². The molecule has 6 aromatic rings. The summed E-state index contributed by atoms with van der Waals surface area (Å²) in [6.45, 7) is 1.82. The molecule has 0 unspecified atom stereocenters. The van der Waals surface area contributed by atoms with E-state index in [1.165, 1.54) is 35.6 Å². The number of para-hydroxylation sites is 1. The molecule has 2 aromatic carbocycles. The first-order chi connectivity index (χ1) is 20.1. The van der Waals surface area contributed by atoms with E-state index in [-0.39, 0.29) is 27.3 Å². The highest BCUT2D eigenvalue weighted by Crippen LogP contribution is 2.36. The number of hydrogen-bond donors (Lipinski definition) is 2. The highest BCUT2D eigenvalue weighted by atomic mass is 35.5. The number of benzene rings is 2. The number of H-pyrrole nitrogens is 1. The number of aromatic nitrogens is 6. The summed E-state index contributed by atoms with van der Waals surface area (Å²) in [7, 11) is -3.61. The molecule has 0 amide bonds. The van der Waals surface area contributed by atoms with Crippen LogP contribution >= 0.6 is 11.6 Å². The van der Waals surface area contributed by atoms with Crippen LogP contribution in [-0.2, 0) is 9.84 Å². The summed E-state index contributed by atoms with van der Waals surface area (Å²) in [6.07, 6.45) is 6.61. The molecule has 0 fully saturated rings. The molecule has 11 nitrogen and oxygen atoms in total. The highest BCUT2D eigenvalue weighted by molar-refractivity contribution is 7.90. The zero-order valence-corrected chi connectivity index (χ0v) is 23.8. The Balaban J connectivity index is 1.59. The van der Waals surface area contributed by atoms with E-state index in [1.807, 2.05) is 25.1 Å². The van der Waals surface area contributed by atoms with Gasteiger partial charge in [0, 0.05) is 47.5 Å². The quantitative estimate of drug-likeness (QED) is 0.267. The maximum atomic E-state index is 14.4. The normalized spacial score (nSPS) is 12.5. The number of pyridine rings is 2. The Morgan fingerprint density at radius 3 is 2.38 bits per heavy atom. The molecule has 2 N–H and O–H groups in total. The van der Waals surface area contributed by atoms with E-state index in [1.54, 1.807) is 30.3 Å². The Morgan fingerprint density at radius 2 is 1.67 bits per heavy atom. The molecule has 0 radical (unpaired) electrons. The maximum absolute atomic E-state index is 14.4. The predicted octanol–water partition coefficient (Wildman–Crippen LogP) is 4.31. The van der Waals surface area contributed by atoms with Crippen molar-refractivity contribution in [3.05, 3.63) is 111 Å². The largest absolute Gasteiger partial charge is 0.361 e. The Morgan fingerprint density at radius 1 is 0.929 bits per heavy atom. The monoisotopic (exact) mass is 599 g/mol. The number of aromatic amines is 1. The van der Waals surface area contributed by atoms with Crippen LogP contribution in [0.15, 0.2) is 94.3 Å². The van der Waals surface area contributed by atoms with Crippen molar-refractivity contribution in [1.82, 2.24) is 29.5 Å². The lowest BCUT2D eigenvalue weighted by molar-refractivity contribution is 0.593. The van der Waals surface area contributed by atoms with Gasteiger partial charge in [0.05, 0.1) is 22.1 Å². The van der Waals surface area contributed by atoms with E-state index in [4.69, 9.17) is 11.6 Å². The third-order valence-electron chi connectivity index (χ3n) is 6.78. The van der Waals surface area contributed by atoms with Gasteiger partial charge in [-0.25, -0.2) is 28.4 Å². The lowest BCUT2D eigenvalue weighted by Gasteiger charge is -2.24. The third kappa shape index (κ3) is 4.70. The van der Waals surface area contributed by atoms with Crippen molar-refractivity contribution in [2.45, 2.75) is 18.1 Å². The number of nitrogens with zero attached hydrogens (tertiary/aromatic N) is 5. The van der Waals surface area contributed by atoms with Crippen LogP contribution in [0, 0.1) is 0 Å². The summed E-state index contributed by atoms with van der Waals surface area (Å²) in [5.41, 5.74) is 1.69. The third-order valence-corrected chi connectivity index (χ3v) is 8.05. The van der Waals surface area contributed by atoms with Gasteiger partial charge >= 0.3 is 0 Å². The van der Waals surface area contributed by atoms with Gasteiger partial charge in [-0.2, -0.15) is 0 Å². The fourth-order valence-corrected chi connectivity index (χ4v) is 5.81. The SMILES string of the molecule is C[C@H](Nc1ncnc2[nH]ccc(=O)c12)c1c(Cl)c2cccc(-c3cnc(S(C)(=O)=O)nc3)c2c(=O)n1-c1ccccc1. The number of sulfone groups is 1. The molecule has 0 saturated carbocycles. The van der Waals surface area contributed by atoms with Crippen molar-refractivity contribution in [2.24, 2.45) is 0 Å². The molecule has 4 aromatic heterocycles. The van der Waals surface area contributed by atoms with Crippen molar-refractivity contribution in [3.8, 4) is 16.8 Å². The zero-order valence-electron chi connectivity index (χ0n) is 22.2. The summed E-state index contributed by atoms with van der Waals surface area (Å²) in [4.78, 5) is 46.5. The second-order valence-corrected chi connectivity index (χ2v) is 11.9. The van der Waals surface area contributed by atoms with E-state index in [0.29, 0.717) is 44.0 Å². The smallest absolute Gasteiger partial charge is 0.263 e. The van der Waals surface area contributed by atoms with Crippen LogP contribution in [0.5, 0.6) is 0 Å². The molecule has 6 rings (SSSR count). The van der Waals surface area contributed by atoms with Crippen molar-refractivity contribution in [1.29, 1.82) is 0 Å². The molecule has 210 valence electrons. The van der Waals surface area contributed by atoms with Gasteiger partial charge in [0.25, 0.3) is 5.56 Å². The minimum absolute atomic E-state index is 0.266. The second kappa shape index (κ2) is 10.5. The van der Waals surface area contributed by atoms with Crippen LogP contribution < -0.4 is 16.3 Å². The highest BCUT2D eigenvalue weighted by Gasteiger charge is 2.24. The minimum atomic E-state index is -3.61. The number of rotatable bonds is 6. The molecule has 0 saturated heterocycles. The van der Waals surface area contributed by atoms with Crippen molar-refractivity contribution in [2.75, 3.05) is 11.6 Å². The van der Waals surface area contributed by atoms with Crippen molar-refractivity contribution in [3.63, 3.8) is 0 Å². The van der Waals surface area contributed by atoms with Crippen molar-refractivity contribution >= 4 is 49.1 Å². The Labute approximate surface area is 243 Å². The molecule has 0 aliphatic rings. The molecule has 0 aliphatic heterocycles. The summed E-state index contributed by atoms with van der Waals surface area (Å²) in [6, 6.07) is 15.0.